The van der Waals surface area contributed by atoms with Crippen LogP contribution in [0.2, 0.25) is 5.02 Å². The molecule has 1 atom stereocenters. The number of ether oxygens (including phenoxy) is 3. The van der Waals surface area contributed by atoms with Crippen molar-refractivity contribution in [2.75, 3.05) is 13.7 Å². The van der Waals surface area contributed by atoms with Gasteiger partial charge in [0.1, 0.15) is 6.61 Å². The predicted octanol–water partition coefficient (Wildman–Crippen LogP) is 6.06. The van der Waals surface area contributed by atoms with Crippen LogP contribution in [-0.4, -0.2) is 25.5 Å². The molecule has 0 bridgehead atoms. The third-order valence-corrected chi connectivity index (χ3v) is 6.83. The molecule has 7 heteroatoms. The number of ketones is 1. The molecule has 0 unspecified atom stereocenters. The molecule has 2 aliphatic rings. The highest BCUT2D eigenvalue weighted by atomic mass is 35.5. The van der Waals surface area contributed by atoms with Gasteiger partial charge < -0.3 is 19.5 Å². The zero-order valence-corrected chi connectivity index (χ0v) is 21.5. The molecule has 188 valence electrons. The summed E-state index contributed by atoms with van der Waals surface area (Å²) in [7, 11) is 1.33. The number of benzene rings is 3. The Morgan fingerprint density at radius 1 is 1.00 bits per heavy atom. The van der Waals surface area contributed by atoms with Crippen LogP contribution in [0.4, 0.5) is 0 Å². The second-order valence-electron chi connectivity index (χ2n) is 8.79. The maximum atomic E-state index is 13.6. The van der Waals surface area contributed by atoms with Crippen molar-refractivity contribution < 1.29 is 23.8 Å². The quantitative estimate of drug-likeness (QED) is 0.386. The van der Waals surface area contributed by atoms with E-state index in [1.165, 1.54) is 7.11 Å². The van der Waals surface area contributed by atoms with Gasteiger partial charge in [0, 0.05) is 28.3 Å². The summed E-state index contributed by atoms with van der Waals surface area (Å²) >= 11 is 6.77. The molecule has 1 N–H and O–H groups in total. The average molecular weight is 516 g/mol. The summed E-state index contributed by atoms with van der Waals surface area (Å²) < 4.78 is 17.1. The molecule has 1 aliphatic carbocycles. The minimum absolute atomic E-state index is 0.143. The lowest BCUT2D eigenvalue weighted by Gasteiger charge is -2.29. The molecule has 0 saturated heterocycles. The molecule has 3 aromatic carbocycles. The molecular weight excluding hydrogens is 490 g/mol. The van der Waals surface area contributed by atoms with Gasteiger partial charge in [0.15, 0.2) is 17.3 Å². The fourth-order valence-corrected chi connectivity index (χ4v) is 5.20. The van der Waals surface area contributed by atoms with E-state index >= 15 is 0 Å². The molecule has 0 fully saturated rings. The van der Waals surface area contributed by atoms with E-state index in [4.69, 9.17) is 25.8 Å². The summed E-state index contributed by atoms with van der Waals surface area (Å²) in [6.07, 6.45) is 0. The summed E-state index contributed by atoms with van der Waals surface area (Å²) in [6, 6.07) is 20.7. The first-order chi connectivity index (χ1) is 17.9. The number of Topliss-reactive ketones (excluding diaryl/α,β-unsaturated/α-hetero) is 1. The van der Waals surface area contributed by atoms with Crippen LogP contribution < -0.4 is 14.8 Å². The number of carbonyl (C=O) groups excluding carboxylic acids is 2. The third-order valence-electron chi connectivity index (χ3n) is 6.55. The number of nitrogens with one attached hydrogen (secondary N) is 1. The number of dihydropyridines is 1. The van der Waals surface area contributed by atoms with Crippen molar-refractivity contribution in [1.82, 2.24) is 5.32 Å². The van der Waals surface area contributed by atoms with Crippen LogP contribution in [-0.2, 0) is 16.1 Å². The highest BCUT2D eigenvalue weighted by molar-refractivity contribution is 6.32. The minimum Gasteiger partial charge on any atom is -0.490 e. The van der Waals surface area contributed by atoms with Crippen molar-refractivity contribution in [3.05, 3.63) is 111 Å². The molecule has 0 saturated carbocycles. The molecule has 0 amide bonds. The Balaban J connectivity index is 1.63. The van der Waals surface area contributed by atoms with E-state index in [0.717, 1.165) is 11.1 Å². The molecule has 0 aromatic heterocycles. The fraction of sp³-hybridized carbons (Fsp3) is 0.200. The van der Waals surface area contributed by atoms with E-state index in [0.29, 0.717) is 63.4 Å². The lowest BCUT2D eigenvalue weighted by Crippen LogP contribution is -2.29. The summed E-state index contributed by atoms with van der Waals surface area (Å²) in [5.41, 5.74) is 5.13. The highest BCUT2D eigenvalue weighted by Gasteiger charge is 2.43. The van der Waals surface area contributed by atoms with E-state index in [1.54, 1.807) is 25.1 Å². The Labute approximate surface area is 220 Å². The average Bonchev–Trinajstić information content (AvgIpc) is 3.19. The van der Waals surface area contributed by atoms with Crippen molar-refractivity contribution in [3.63, 3.8) is 0 Å². The molecule has 37 heavy (non-hydrogen) atoms. The van der Waals surface area contributed by atoms with Gasteiger partial charge in [-0.3, -0.25) is 4.79 Å². The zero-order valence-electron chi connectivity index (χ0n) is 20.8. The Morgan fingerprint density at radius 3 is 2.41 bits per heavy atom. The summed E-state index contributed by atoms with van der Waals surface area (Å²) in [4.78, 5) is 26.6. The van der Waals surface area contributed by atoms with E-state index in [2.05, 4.69) is 5.32 Å². The zero-order chi connectivity index (χ0) is 26.1. The standard InChI is InChI=1S/C30H26ClNO5/c1-4-36-23-15-19(14-22(31)29(23)37-16-18-10-6-5-7-11-18)25-24(30(34)35-3)17(2)32-27-20-12-8-9-13-21(20)28(33)26(25)27/h5-15,25,32H,4,16H2,1-3H3/t25-/m0/s1. The van der Waals surface area contributed by atoms with Gasteiger partial charge in [-0.25, -0.2) is 4.79 Å². The molecule has 0 radical (unpaired) electrons. The van der Waals surface area contributed by atoms with Crippen LogP contribution in [0, 0.1) is 0 Å². The Kier molecular flexibility index (Phi) is 6.76. The van der Waals surface area contributed by atoms with E-state index in [1.807, 2.05) is 55.5 Å². The van der Waals surface area contributed by atoms with Crippen LogP contribution in [0.25, 0.3) is 5.70 Å². The van der Waals surface area contributed by atoms with Gasteiger partial charge in [-0.2, -0.15) is 0 Å². The van der Waals surface area contributed by atoms with Crippen LogP contribution >= 0.6 is 11.6 Å². The fourth-order valence-electron chi connectivity index (χ4n) is 4.93. The lowest BCUT2D eigenvalue weighted by atomic mass is 9.79. The second-order valence-corrected chi connectivity index (χ2v) is 9.20. The number of hydrogen-bond donors (Lipinski definition) is 1. The molecule has 3 aromatic rings. The first-order valence-electron chi connectivity index (χ1n) is 12.0. The monoisotopic (exact) mass is 515 g/mol. The van der Waals surface area contributed by atoms with Crippen LogP contribution in [0.15, 0.2) is 83.6 Å². The summed E-state index contributed by atoms with van der Waals surface area (Å²) in [5, 5.41) is 3.60. The van der Waals surface area contributed by atoms with Crippen LogP contribution in [0.5, 0.6) is 11.5 Å². The predicted molar refractivity (Wildman–Crippen MR) is 142 cm³/mol. The number of halogens is 1. The van der Waals surface area contributed by atoms with Gasteiger partial charge in [-0.1, -0.05) is 66.2 Å². The van der Waals surface area contributed by atoms with Crippen LogP contribution in [0.1, 0.15) is 46.8 Å². The van der Waals surface area contributed by atoms with Gasteiger partial charge in [-0.15, -0.1) is 0 Å². The van der Waals surface area contributed by atoms with Crippen molar-refractivity contribution in [1.29, 1.82) is 0 Å². The first kappa shape index (κ1) is 24.7. The van der Waals surface area contributed by atoms with Crippen molar-refractivity contribution >= 4 is 29.1 Å². The van der Waals surface area contributed by atoms with Crippen molar-refractivity contribution in [2.45, 2.75) is 26.4 Å². The van der Waals surface area contributed by atoms with Gasteiger partial charge in [-0.05, 0) is 37.1 Å². The molecule has 6 nitrogen and oxygen atoms in total. The molecule has 1 heterocycles. The first-order valence-corrected chi connectivity index (χ1v) is 12.4. The van der Waals surface area contributed by atoms with E-state index < -0.39 is 11.9 Å². The maximum Gasteiger partial charge on any atom is 0.336 e. The van der Waals surface area contributed by atoms with Gasteiger partial charge in [0.25, 0.3) is 0 Å². The number of methoxy groups -OCH3 is 1. The number of rotatable bonds is 7. The molecule has 1 aliphatic heterocycles. The third kappa shape index (κ3) is 4.38. The smallest absolute Gasteiger partial charge is 0.336 e. The molecular formula is C30H26ClNO5. The number of hydrogen-bond acceptors (Lipinski definition) is 6. The van der Waals surface area contributed by atoms with Gasteiger partial charge >= 0.3 is 5.97 Å². The normalized spacial score (nSPS) is 16.2. The largest absolute Gasteiger partial charge is 0.490 e. The lowest BCUT2D eigenvalue weighted by molar-refractivity contribution is -0.136. The SMILES string of the molecule is CCOc1cc([C@H]2C(C(=O)OC)=C(C)NC3=C2C(=O)c2ccccc23)cc(Cl)c1OCc1ccccc1. The van der Waals surface area contributed by atoms with Gasteiger partial charge in [0.05, 0.1) is 30.0 Å². The number of esters is 1. The summed E-state index contributed by atoms with van der Waals surface area (Å²) in [6.45, 7) is 4.36. The van der Waals surface area contributed by atoms with E-state index in [9.17, 15) is 9.59 Å². The Bertz CT molecular complexity index is 1460. The Hall–Kier alpha value is -4.03. The minimum atomic E-state index is -0.705. The number of carbonyl (C=O) groups is 2. The van der Waals surface area contributed by atoms with Crippen molar-refractivity contribution in [2.24, 2.45) is 0 Å². The topological polar surface area (TPSA) is 73.9 Å². The number of fused-ring (bicyclic) bond motifs is 2. The molecule has 5 rings (SSSR count). The maximum absolute atomic E-state index is 13.6. The second kappa shape index (κ2) is 10.1. The van der Waals surface area contributed by atoms with E-state index in [-0.39, 0.29) is 5.78 Å². The van der Waals surface area contributed by atoms with Crippen molar-refractivity contribution in [3.8, 4) is 11.5 Å². The molecule has 0 spiro atoms. The highest BCUT2D eigenvalue weighted by Crippen LogP contribution is 2.49. The Morgan fingerprint density at radius 2 is 1.70 bits per heavy atom. The van der Waals surface area contributed by atoms with Gasteiger partial charge in [0.2, 0.25) is 0 Å². The van der Waals surface area contributed by atoms with Crippen LogP contribution in [0.3, 0.4) is 0 Å². The number of allylic oxidation sites excluding steroid dienone is 2. The summed E-state index contributed by atoms with van der Waals surface area (Å²) in [5.74, 6) is -0.533.